The molecule has 1 aromatic heterocycles. The van der Waals surface area contributed by atoms with Crippen LogP contribution in [-0.4, -0.2) is 11.5 Å². The number of nitrogens with one attached hydrogen (secondary N) is 1. The highest BCUT2D eigenvalue weighted by molar-refractivity contribution is 9.11. The second-order valence-corrected chi connectivity index (χ2v) is 5.54. The molecule has 1 atom stereocenters. The van der Waals surface area contributed by atoms with E-state index in [9.17, 15) is 0 Å². The summed E-state index contributed by atoms with van der Waals surface area (Å²) >= 11 is 5.13. The van der Waals surface area contributed by atoms with Gasteiger partial charge >= 0.3 is 0 Å². The molecule has 0 radical (unpaired) electrons. The van der Waals surface area contributed by atoms with Gasteiger partial charge in [0.05, 0.1) is 11.7 Å². The third kappa shape index (κ3) is 1.56. The number of aryl methyl sites for hydroxylation is 1. The molecule has 12 heavy (non-hydrogen) atoms. The van der Waals surface area contributed by atoms with Crippen molar-refractivity contribution >= 4 is 27.3 Å². The second-order valence-electron chi connectivity index (χ2n) is 3.06. The van der Waals surface area contributed by atoms with Gasteiger partial charge in [-0.15, -0.1) is 11.3 Å². The van der Waals surface area contributed by atoms with E-state index >= 15 is 0 Å². The van der Waals surface area contributed by atoms with Crippen LogP contribution in [0.3, 0.4) is 0 Å². The molecule has 66 valence electrons. The topological polar surface area (TPSA) is 24.9 Å². The van der Waals surface area contributed by atoms with E-state index in [1.807, 2.05) is 0 Å². The first-order valence-electron chi connectivity index (χ1n) is 4.13. The summed E-state index contributed by atoms with van der Waals surface area (Å²) in [6, 6.07) is 0.507. The van der Waals surface area contributed by atoms with Crippen LogP contribution in [0.4, 0.5) is 0 Å². The van der Waals surface area contributed by atoms with Gasteiger partial charge in [0.15, 0.2) is 3.92 Å². The van der Waals surface area contributed by atoms with Crippen LogP contribution in [0.2, 0.25) is 0 Å². The van der Waals surface area contributed by atoms with Crippen molar-refractivity contribution in [3.05, 3.63) is 14.5 Å². The molecule has 1 fully saturated rings. The average molecular weight is 247 g/mol. The summed E-state index contributed by atoms with van der Waals surface area (Å²) in [5.74, 6) is 0. The lowest BCUT2D eigenvalue weighted by atomic mass is 10.1. The number of hydrogen-bond acceptors (Lipinski definition) is 3. The number of hydrogen-bond donors (Lipinski definition) is 1. The number of halogens is 1. The minimum atomic E-state index is 0.507. The Morgan fingerprint density at radius 2 is 2.50 bits per heavy atom. The quantitative estimate of drug-likeness (QED) is 0.825. The number of rotatable bonds is 1. The van der Waals surface area contributed by atoms with E-state index < -0.39 is 0 Å². The molecular weight excluding hydrogens is 236 g/mol. The van der Waals surface area contributed by atoms with Gasteiger partial charge < -0.3 is 5.32 Å². The van der Waals surface area contributed by atoms with Crippen molar-refractivity contribution in [1.29, 1.82) is 0 Å². The Balaban J connectivity index is 2.25. The van der Waals surface area contributed by atoms with E-state index in [1.165, 1.54) is 23.4 Å². The first-order chi connectivity index (χ1) is 5.77. The first kappa shape index (κ1) is 8.66. The number of nitrogens with zero attached hydrogens (tertiary/aromatic N) is 1. The van der Waals surface area contributed by atoms with Gasteiger partial charge in [0.1, 0.15) is 0 Å². The molecule has 2 rings (SSSR count). The maximum Gasteiger partial charge on any atom is 0.159 e. The lowest BCUT2D eigenvalue weighted by molar-refractivity contribution is 0.627. The Hall–Kier alpha value is 0.0700. The molecule has 0 saturated carbocycles. The normalized spacial score (nSPS) is 23.3. The van der Waals surface area contributed by atoms with Crippen LogP contribution in [0.25, 0.3) is 0 Å². The van der Waals surface area contributed by atoms with Gasteiger partial charge in [-0.1, -0.05) is 0 Å². The molecule has 0 bridgehead atoms. The molecule has 4 heteroatoms. The molecule has 1 aliphatic heterocycles. The van der Waals surface area contributed by atoms with Gasteiger partial charge in [-0.2, -0.15) is 0 Å². The molecule has 1 N–H and O–H groups in total. The van der Waals surface area contributed by atoms with Crippen molar-refractivity contribution in [1.82, 2.24) is 10.3 Å². The van der Waals surface area contributed by atoms with Crippen LogP contribution in [0.15, 0.2) is 3.92 Å². The van der Waals surface area contributed by atoms with E-state index in [1.54, 1.807) is 11.3 Å². The van der Waals surface area contributed by atoms with Gasteiger partial charge in [-0.25, -0.2) is 4.98 Å². The average Bonchev–Trinajstić information content (AvgIpc) is 2.58. The van der Waals surface area contributed by atoms with Gasteiger partial charge in [0.2, 0.25) is 0 Å². The van der Waals surface area contributed by atoms with Crippen LogP contribution >= 0.6 is 27.3 Å². The monoisotopic (exact) mass is 246 g/mol. The summed E-state index contributed by atoms with van der Waals surface area (Å²) in [6.07, 6.45) is 2.51. The van der Waals surface area contributed by atoms with E-state index in [4.69, 9.17) is 0 Å². The van der Waals surface area contributed by atoms with Gasteiger partial charge in [0, 0.05) is 4.88 Å². The largest absolute Gasteiger partial charge is 0.309 e. The Morgan fingerprint density at radius 3 is 3.00 bits per heavy atom. The molecule has 1 aliphatic rings. The van der Waals surface area contributed by atoms with Crippen molar-refractivity contribution in [3.63, 3.8) is 0 Å². The van der Waals surface area contributed by atoms with Crippen molar-refractivity contribution in [2.75, 3.05) is 6.54 Å². The second kappa shape index (κ2) is 3.44. The zero-order chi connectivity index (χ0) is 8.55. The number of thiazole rings is 1. The number of aromatic nitrogens is 1. The van der Waals surface area contributed by atoms with Crippen molar-refractivity contribution < 1.29 is 0 Å². The Labute approximate surface area is 84.5 Å². The fraction of sp³-hybridized carbons (Fsp3) is 0.625. The van der Waals surface area contributed by atoms with E-state index in [0.717, 1.165) is 10.5 Å². The van der Waals surface area contributed by atoms with E-state index in [2.05, 4.69) is 33.2 Å². The smallest absolute Gasteiger partial charge is 0.159 e. The van der Waals surface area contributed by atoms with Crippen molar-refractivity contribution in [2.45, 2.75) is 25.8 Å². The lowest BCUT2D eigenvalue weighted by Gasteiger charge is -2.06. The van der Waals surface area contributed by atoms with Gasteiger partial charge in [0.25, 0.3) is 0 Å². The van der Waals surface area contributed by atoms with E-state index in [-0.39, 0.29) is 0 Å². The maximum atomic E-state index is 4.46. The van der Waals surface area contributed by atoms with E-state index in [0.29, 0.717) is 6.04 Å². The summed E-state index contributed by atoms with van der Waals surface area (Å²) in [4.78, 5) is 5.80. The predicted molar refractivity (Wildman–Crippen MR) is 54.5 cm³/mol. The fourth-order valence-electron chi connectivity index (χ4n) is 1.62. The molecule has 0 amide bonds. The summed E-state index contributed by atoms with van der Waals surface area (Å²) in [5, 5.41) is 3.45. The highest BCUT2D eigenvalue weighted by Gasteiger charge is 2.20. The summed E-state index contributed by atoms with van der Waals surface area (Å²) in [6.45, 7) is 3.27. The van der Waals surface area contributed by atoms with Crippen molar-refractivity contribution in [2.24, 2.45) is 0 Å². The zero-order valence-corrected chi connectivity index (χ0v) is 9.33. The van der Waals surface area contributed by atoms with Gasteiger partial charge in [-0.05, 0) is 42.2 Å². The first-order valence-corrected chi connectivity index (χ1v) is 5.74. The van der Waals surface area contributed by atoms with Gasteiger partial charge in [-0.3, -0.25) is 0 Å². The van der Waals surface area contributed by atoms with Crippen LogP contribution in [-0.2, 0) is 0 Å². The highest BCUT2D eigenvalue weighted by atomic mass is 79.9. The zero-order valence-electron chi connectivity index (χ0n) is 6.93. The molecular formula is C8H11BrN2S. The Morgan fingerprint density at radius 1 is 1.67 bits per heavy atom. The molecule has 1 unspecified atom stereocenters. The molecule has 2 heterocycles. The summed E-state index contributed by atoms with van der Waals surface area (Å²) in [7, 11) is 0. The minimum absolute atomic E-state index is 0.507. The summed E-state index contributed by atoms with van der Waals surface area (Å²) < 4.78 is 1.00. The lowest BCUT2D eigenvalue weighted by Crippen LogP contribution is -2.13. The SMILES string of the molecule is Cc1sc(Br)nc1C1CCCN1. The highest BCUT2D eigenvalue weighted by Crippen LogP contribution is 2.30. The van der Waals surface area contributed by atoms with Crippen LogP contribution in [0, 0.1) is 6.92 Å². The molecule has 0 aliphatic carbocycles. The van der Waals surface area contributed by atoms with Crippen LogP contribution < -0.4 is 5.32 Å². The maximum absolute atomic E-state index is 4.46. The predicted octanol–water partition coefficient (Wildman–Crippen LogP) is 2.64. The third-order valence-electron chi connectivity index (χ3n) is 2.20. The molecule has 2 nitrogen and oxygen atoms in total. The molecule has 1 aromatic rings. The molecule has 1 saturated heterocycles. The summed E-state index contributed by atoms with van der Waals surface area (Å²) in [5.41, 5.74) is 1.24. The standard InChI is InChI=1S/C8H11BrN2S/c1-5-7(11-8(9)12-5)6-3-2-4-10-6/h6,10H,2-4H2,1H3. The molecule has 0 spiro atoms. The minimum Gasteiger partial charge on any atom is -0.309 e. The van der Waals surface area contributed by atoms with Crippen molar-refractivity contribution in [3.8, 4) is 0 Å². The Kier molecular flexibility index (Phi) is 2.48. The van der Waals surface area contributed by atoms with Crippen LogP contribution in [0.5, 0.6) is 0 Å². The fourth-order valence-corrected chi connectivity index (χ4v) is 3.22. The molecule has 0 aromatic carbocycles. The van der Waals surface area contributed by atoms with Crippen LogP contribution in [0.1, 0.15) is 29.5 Å². The third-order valence-corrected chi connectivity index (χ3v) is 3.63. The Bertz CT molecular complexity index is 279.